The van der Waals surface area contributed by atoms with Gasteiger partial charge in [-0.15, -0.1) is 0 Å². The number of aliphatic imine (C=N–C) groups is 1. The lowest BCUT2D eigenvalue weighted by molar-refractivity contribution is -0.162. The molecule has 1 fully saturated rings. The predicted molar refractivity (Wildman–Crippen MR) is 122 cm³/mol. The minimum Gasteiger partial charge on any atom is -0.473 e. The lowest BCUT2D eigenvalue weighted by atomic mass is 9.87. The van der Waals surface area contributed by atoms with Crippen LogP contribution in [0.1, 0.15) is 19.4 Å². The second-order valence-corrected chi connectivity index (χ2v) is 9.75. The SMILES string of the molecule is CSC(=S)OC(C)[C@H]1O[C@@H]2SC(N(C)C)=N[C@@H]2[C@@H](OCc2ccccc2)[C@@H]1C. The van der Waals surface area contributed by atoms with Gasteiger partial charge in [0, 0.05) is 20.0 Å². The fraction of sp³-hybridized carbons (Fsp3) is 0.600. The van der Waals surface area contributed by atoms with E-state index in [1.165, 1.54) is 11.8 Å². The highest BCUT2D eigenvalue weighted by Crippen LogP contribution is 2.42. The average Bonchev–Trinajstić information content (AvgIpc) is 3.11. The molecule has 0 bridgehead atoms. The van der Waals surface area contributed by atoms with Crippen molar-refractivity contribution in [3.8, 4) is 0 Å². The highest BCUT2D eigenvalue weighted by molar-refractivity contribution is 8.22. The molecule has 8 heteroatoms. The molecule has 1 aromatic carbocycles. The molecule has 1 saturated heterocycles. The number of hydrogen-bond donors (Lipinski definition) is 0. The van der Waals surface area contributed by atoms with Crippen molar-refractivity contribution < 1.29 is 14.2 Å². The first kappa shape index (κ1) is 21.9. The van der Waals surface area contributed by atoms with E-state index in [-0.39, 0.29) is 35.7 Å². The number of nitrogens with zero attached hydrogens (tertiary/aromatic N) is 2. The molecule has 6 atom stereocenters. The summed E-state index contributed by atoms with van der Waals surface area (Å²) in [5, 5.41) is 0.976. The van der Waals surface area contributed by atoms with E-state index in [0.29, 0.717) is 11.0 Å². The smallest absolute Gasteiger partial charge is 0.220 e. The van der Waals surface area contributed by atoms with Gasteiger partial charge in [-0.05, 0) is 31.0 Å². The van der Waals surface area contributed by atoms with Crippen LogP contribution in [0.4, 0.5) is 0 Å². The predicted octanol–water partition coefficient (Wildman–Crippen LogP) is 4.02. The summed E-state index contributed by atoms with van der Waals surface area (Å²) in [4.78, 5) is 6.94. The van der Waals surface area contributed by atoms with Gasteiger partial charge in [-0.3, -0.25) is 4.99 Å². The first-order valence-corrected chi connectivity index (χ1v) is 11.9. The molecule has 1 unspecified atom stereocenters. The standard InChI is InChI=1S/C20H28N2O3S3/c1-12-16(13(2)24-20(26)27-5)25-18-15(21-19(28-18)22(3)4)17(12)23-11-14-9-7-6-8-10-14/h6-10,12-13,15-18H,11H2,1-5H3/t12-,13?,15-,16+,17+,18-/m1/s1. The van der Waals surface area contributed by atoms with Crippen molar-refractivity contribution in [2.75, 3.05) is 20.4 Å². The lowest BCUT2D eigenvalue weighted by Crippen LogP contribution is -2.55. The molecule has 2 aliphatic heterocycles. The number of thiocarbonyl (C=S) groups is 1. The molecule has 1 aromatic rings. The fourth-order valence-electron chi connectivity index (χ4n) is 3.55. The summed E-state index contributed by atoms with van der Waals surface area (Å²) < 4.78 is 19.3. The minimum absolute atomic E-state index is 0.0305. The fourth-order valence-corrected chi connectivity index (χ4v) is 5.09. The second-order valence-electron chi connectivity index (χ2n) is 7.28. The Morgan fingerprint density at radius 3 is 2.71 bits per heavy atom. The van der Waals surface area contributed by atoms with Gasteiger partial charge in [0.1, 0.15) is 23.7 Å². The molecular weight excluding hydrogens is 412 g/mol. The summed E-state index contributed by atoms with van der Waals surface area (Å²) in [5.41, 5.74) is 1.08. The Bertz CT molecular complexity index is 701. The van der Waals surface area contributed by atoms with E-state index in [2.05, 4.69) is 19.1 Å². The lowest BCUT2D eigenvalue weighted by Gasteiger charge is -2.43. The zero-order valence-corrected chi connectivity index (χ0v) is 19.4. The molecule has 0 saturated carbocycles. The molecule has 0 amide bonds. The van der Waals surface area contributed by atoms with Gasteiger partial charge in [0.15, 0.2) is 5.17 Å². The molecular formula is C20H28N2O3S3. The van der Waals surface area contributed by atoms with Gasteiger partial charge in [0.2, 0.25) is 4.38 Å². The second kappa shape index (κ2) is 9.80. The summed E-state index contributed by atoms with van der Waals surface area (Å²) in [6, 6.07) is 10.2. The quantitative estimate of drug-likeness (QED) is 0.641. The van der Waals surface area contributed by atoms with Gasteiger partial charge in [0.05, 0.1) is 12.7 Å². The van der Waals surface area contributed by atoms with Gasteiger partial charge < -0.3 is 19.1 Å². The summed E-state index contributed by atoms with van der Waals surface area (Å²) in [6.45, 7) is 4.74. The van der Waals surface area contributed by atoms with Crippen LogP contribution in [0, 0.1) is 5.92 Å². The maximum atomic E-state index is 6.44. The van der Waals surface area contributed by atoms with Crippen LogP contribution in [0.3, 0.4) is 0 Å². The van der Waals surface area contributed by atoms with E-state index in [0.717, 1.165) is 10.7 Å². The van der Waals surface area contributed by atoms with Crippen molar-refractivity contribution in [1.29, 1.82) is 0 Å². The molecule has 3 rings (SSSR count). The van der Waals surface area contributed by atoms with Crippen LogP contribution in [0.15, 0.2) is 35.3 Å². The van der Waals surface area contributed by atoms with Crippen molar-refractivity contribution >= 4 is 45.3 Å². The van der Waals surface area contributed by atoms with E-state index in [9.17, 15) is 0 Å². The summed E-state index contributed by atoms with van der Waals surface area (Å²) in [6.07, 6.45) is 1.60. The molecule has 0 aliphatic carbocycles. The van der Waals surface area contributed by atoms with Crippen LogP contribution in [-0.2, 0) is 20.8 Å². The van der Waals surface area contributed by atoms with Crippen LogP contribution in [0.5, 0.6) is 0 Å². The molecule has 2 aliphatic rings. The zero-order valence-electron chi connectivity index (χ0n) is 16.9. The Labute approximate surface area is 181 Å². The van der Waals surface area contributed by atoms with Gasteiger partial charge in [0.25, 0.3) is 0 Å². The summed E-state index contributed by atoms with van der Waals surface area (Å²) in [5.74, 6) is 0.121. The maximum Gasteiger partial charge on any atom is 0.220 e. The number of hydrogen-bond acceptors (Lipinski definition) is 8. The molecule has 0 spiro atoms. The third kappa shape index (κ3) is 5.02. The first-order valence-electron chi connectivity index (χ1n) is 9.38. The van der Waals surface area contributed by atoms with Crippen molar-refractivity contribution in [2.45, 2.75) is 50.2 Å². The molecule has 0 aromatic heterocycles. The number of thioether (sulfide) groups is 2. The molecule has 154 valence electrons. The van der Waals surface area contributed by atoms with Crippen molar-refractivity contribution in [3.05, 3.63) is 35.9 Å². The normalized spacial score (nSPS) is 30.3. The van der Waals surface area contributed by atoms with E-state index in [1.54, 1.807) is 11.8 Å². The van der Waals surface area contributed by atoms with E-state index >= 15 is 0 Å². The van der Waals surface area contributed by atoms with Gasteiger partial charge >= 0.3 is 0 Å². The minimum atomic E-state index is -0.150. The van der Waals surface area contributed by atoms with Gasteiger partial charge in [-0.1, -0.05) is 60.8 Å². The Kier molecular flexibility index (Phi) is 7.67. The van der Waals surface area contributed by atoms with Crippen LogP contribution in [0.2, 0.25) is 0 Å². The van der Waals surface area contributed by atoms with Gasteiger partial charge in [-0.2, -0.15) is 0 Å². The van der Waals surface area contributed by atoms with Crippen LogP contribution < -0.4 is 0 Å². The van der Waals surface area contributed by atoms with E-state index in [1.807, 2.05) is 50.4 Å². The topological polar surface area (TPSA) is 43.3 Å². The average molecular weight is 441 g/mol. The van der Waals surface area contributed by atoms with Crippen molar-refractivity contribution in [2.24, 2.45) is 10.9 Å². The Morgan fingerprint density at radius 2 is 2.07 bits per heavy atom. The number of benzene rings is 1. The van der Waals surface area contributed by atoms with Gasteiger partial charge in [-0.25, -0.2) is 0 Å². The first-order chi connectivity index (χ1) is 13.4. The monoisotopic (exact) mass is 440 g/mol. The zero-order chi connectivity index (χ0) is 20.3. The highest BCUT2D eigenvalue weighted by Gasteiger charge is 2.50. The Morgan fingerprint density at radius 1 is 1.36 bits per heavy atom. The van der Waals surface area contributed by atoms with Crippen molar-refractivity contribution in [1.82, 2.24) is 4.90 Å². The Balaban J connectivity index is 1.78. The molecule has 2 heterocycles. The van der Waals surface area contributed by atoms with Crippen molar-refractivity contribution in [3.63, 3.8) is 0 Å². The molecule has 0 N–H and O–H groups in total. The Hall–Kier alpha value is -0.800. The molecule has 28 heavy (non-hydrogen) atoms. The maximum absolute atomic E-state index is 6.44. The highest BCUT2D eigenvalue weighted by atomic mass is 32.2. The number of rotatable bonds is 5. The largest absolute Gasteiger partial charge is 0.473 e. The number of ether oxygens (including phenoxy) is 3. The van der Waals surface area contributed by atoms with E-state index in [4.69, 9.17) is 31.4 Å². The third-order valence-corrected chi connectivity index (χ3v) is 7.33. The third-order valence-electron chi connectivity index (χ3n) is 5.00. The van der Waals surface area contributed by atoms with Crippen LogP contribution in [0.25, 0.3) is 0 Å². The molecule has 0 radical (unpaired) electrons. The summed E-state index contributed by atoms with van der Waals surface area (Å²) >= 11 is 8.34. The summed E-state index contributed by atoms with van der Waals surface area (Å²) in [7, 11) is 4.01. The van der Waals surface area contributed by atoms with Crippen LogP contribution in [-0.4, -0.2) is 64.6 Å². The van der Waals surface area contributed by atoms with Crippen LogP contribution >= 0.6 is 35.7 Å². The van der Waals surface area contributed by atoms with E-state index < -0.39 is 0 Å². The number of amidine groups is 1. The molecule has 5 nitrogen and oxygen atoms in total. The number of fused-ring (bicyclic) bond motifs is 1.